The molecule has 1 N–H and O–H groups in total. The molecule has 0 spiro atoms. The van der Waals surface area contributed by atoms with E-state index in [-0.39, 0.29) is 6.42 Å². The standard InChI is InChI=1S/C17H20O3/c1-2-8-17(11-16(18)19)15-10-12-5-3-4-6-13(12)14(15)7-9-20-17/h3-6H,2,7-11H2,1H3,(H,18,19). The number of hydrogen-bond donors (Lipinski definition) is 1. The van der Waals surface area contributed by atoms with Crippen LogP contribution in [-0.2, 0) is 16.0 Å². The molecule has 0 aromatic heterocycles. The van der Waals surface area contributed by atoms with Gasteiger partial charge in [-0.05, 0) is 41.5 Å². The van der Waals surface area contributed by atoms with Crippen molar-refractivity contribution in [3.63, 3.8) is 0 Å². The molecular weight excluding hydrogens is 252 g/mol. The Morgan fingerprint density at radius 3 is 2.95 bits per heavy atom. The highest BCUT2D eigenvalue weighted by atomic mass is 16.5. The van der Waals surface area contributed by atoms with Crippen molar-refractivity contribution in [1.29, 1.82) is 0 Å². The Morgan fingerprint density at radius 2 is 2.20 bits per heavy atom. The largest absolute Gasteiger partial charge is 0.481 e. The van der Waals surface area contributed by atoms with E-state index in [0.29, 0.717) is 6.61 Å². The third-order valence-corrected chi connectivity index (χ3v) is 4.45. The minimum atomic E-state index is -0.775. The van der Waals surface area contributed by atoms with Gasteiger partial charge in [-0.25, -0.2) is 0 Å². The van der Waals surface area contributed by atoms with E-state index in [9.17, 15) is 9.90 Å². The molecule has 1 aliphatic heterocycles. The molecular formula is C17H20O3. The van der Waals surface area contributed by atoms with Crippen molar-refractivity contribution >= 4 is 11.5 Å². The van der Waals surface area contributed by atoms with Crippen LogP contribution in [0.5, 0.6) is 0 Å². The molecule has 0 bridgehead atoms. The Kier molecular flexibility index (Phi) is 3.38. The summed E-state index contributed by atoms with van der Waals surface area (Å²) < 4.78 is 6.02. The second-order valence-electron chi connectivity index (χ2n) is 5.70. The normalized spacial score (nSPS) is 24.4. The Balaban J connectivity index is 2.05. The van der Waals surface area contributed by atoms with Gasteiger partial charge in [-0.2, -0.15) is 0 Å². The SMILES string of the molecule is CCCC1(CC(=O)O)OCCC2=C1Cc1ccccc12. The van der Waals surface area contributed by atoms with E-state index >= 15 is 0 Å². The number of carboxylic acids is 1. The molecule has 1 unspecified atom stereocenters. The number of rotatable bonds is 4. The smallest absolute Gasteiger partial charge is 0.306 e. The summed E-state index contributed by atoms with van der Waals surface area (Å²) in [6, 6.07) is 8.41. The van der Waals surface area contributed by atoms with Crippen LogP contribution in [0.25, 0.3) is 5.57 Å². The highest BCUT2D eigenvalue weighted by Gasteiger charge is 2.43. The number of aliphatic carboxylic acids is 1. The molecule has 106 valence electrons. The van der Waals surface area contributed by atoms with E-state index in [2.05, 4.69) is 31.2 Å². The van der Waals surface area contributed by atoms with Gasteiger partial charge in [0.25, 0.3) is 0 Å². The topological polar surface area (TPSA) is 46.5 Å². The summed E-state index contributed by atoms with van der Waals surface area (Å²) in [7, 11) is 0. The lowest BCUT2D eigenvalue weighted by Crippen LogP contribution is -2.40. The summed E-state index contributed by atoms with van der Waals surface area (Å²) in [4.78, 5) is 11.3. The maximum absolute atomic E-state index is 11.3. The molecule has 0 amide bonds. The molecule has 20 heavy (non-hydrogen) atoms. The van der Waals surface area contributed by atoms with Crippen molar-refractivity contribution < 1.29 is 14.6 Å². The second-order valence-corrected chi connectivity index (χ2v) is 5.70. The fourth-order valence-electron chi connectivity index (χ4n) is 3.70. The zero-order valence-electron chi connectivity index (χ0n) is 11.8. The maximum Gasteiger partial charge on any atom is 0.306 e. The van der Waals surface area contributed by atoms with Crippen LogP contribution < -0.4 is 0 Å². The molecule has 0 radical (unpaired) electrons. The van der Waals surface area contributed by atoms with Crippen molar-refractivity contribution in [2.24, 2.45) is 0 Å². The van der Waals surface area contributed by atoms with Crippen LogP contribution in [0, 0.1) is 0 Å². The molecule has 0 saturated heterocycles. The van der Waals surface area contributed by atoms with Gasteiger partial charge in [0.1, 0.15) is 5.60 Å². The molecule has 1 heterocycles. The zero-order valence-corrected chi connectivity index (χ0v) is 11.8. The monoisotopic (exact) mass is 272 g/mol. The Hall–Kier alpha value is -1.61. The van der Waals surface area contributed by atoms with Gasteiger partial charge in [0.05, 0.1) is 13.0 Å². The van der Waals surface area contributed by atoms with Gasteiger partial charge in [0.15, 0.2) is 0 Å². The Morgan fingerprint density at radius 1 is 1.40 bits per heavy atom. The molecule has 2 aliphatic rings. The number of ether oxygens (including phenoxy) is 1. The summed E-state index contributed by atoms with van der Waals surface area (Å²) in [5.74, 6) is -0.775. The van der Waals surface area contributed by atoms with Crippen LogP contribution in [0.2, 0.25) is 0 Å². The van der Waals surface area contributed by atoms with Crippen molar-refractivity contribution in [1.82, 2.24) is 0 Å². The Bertz CT molecular complexity index is 573. The van der Waals surface area contributed by atoms with E-state index in [1.807, 2.05) is 0 Å². The first-order chi connectivity index (χ1) is 9.66. The average molecular weight is 272 g/mol. The molecule has 1 aromatic carbocycles. The highest BCUT2D eigenvalue weighted by Crippen LogP contribution is 2.47. The predicted octanol–water partition coefficient (Wildman–Crippen LogP) is 3.43. The molecule has 0 fully saturated rings. The van der Waals surface area contributed by atoms with Crippen molar-refractivity contribution in [2.45, 2.75) is 44.6 Å². The van der Waals surface area contributed by atoms with Gasteiger partial charge in [-0.15, -0.1) is 0 Å². The van der Waals surface area contributed by atoms with E-state index < -0.39 is 11.6 Å². The highest BCUT2D eigenvalue weighted by molar-refractivity contribution is 5.80. The number of carboxylic acid groups (broad SMARTS) is 1. The van der Waals surface area contributed by atoms with E-state index in [1.165, 1.54) is 22.3 Å². The quantitative estimate of drug-likeness (QED) is 0.913. The van der Waals surface area contributed by atoms with Crippen molar-refractivity contribution in [2.75, 3.05) is 6.61 Å². The van der Waals surface area contributed by atoms with Gasteiger partial charge in [0, 0.05) is 0 Å². The lowest BCUT2D eigenvalue weighted by molar-refractivity contribution is -0.144. The minimum Gasteiger partial charge on any atom is -0.481 e. The van der Waals surface area contributed by atoms with Gasteiger partial charge in [-0.1, -0.05) is 37.6 Å². The fraction of sp³-hybridized carbons (Fsp3) is 0.471. The summed E-state index contributed by atoms with van der Waals surface area (Å²) >= 11 is 0. The van der Waals surface area contributed by atoms with Crippen LogP contribution >= 0.6 is 0 Å². The average Bonchev–Trinajstić information content (AvgIpc) is 2.79. The van der Waals surface area contributed by atoms with Crippen LogP contribution in [0.1, 0.15) is 43.7 Å². The van der Waals surface area contributed by atoms with E-state index in [1.54, 1.807) is 0 Å². The third kappa shape index (κ3) is 2.06. The fourth-order valence-corrected chi connectivity index (χ4v) is 3.70. The third-order valence-electron chi connectivity index (χ3n) is 4.45. The summed E-state index contributed by atoms with van der Waals surface area (Å²) in [6.45, 7) is 2.71. The van der Waals surface area contributed by atoms with E-state index in [0.717, 1.165) is 25.7 Å². The molecule has 3 rings (SSSR count). The molecule has 0 saturated carbocycles. The van der Waals surface area contributed by atoms with Crippen LogP contribution in [-0.4, -0.2) is 23.3 Å². The summed E-state index contributed by atoms with van der Waals surface area (Å²) in [5.41, 5.74) is 4.58. The molecule has 3 nitrogen and oxygen atoms in total. The van der Waals surface area contributed by atoms with Gasteiger partial charge in [0.2, 0.25) is 0 Å². The molecule has 3 heteroatoms. The number of carbonyl (C=O) groups is 1. The second kappa shape index (κ2) is 5.06. The first-order valence-corrected chi connectivity index (χ1v) is 7.33. The molecule has 1 atom stereocenters. The maximum atomic E-state index is 11.3. The van der Waals surface area contributed by atoms with Gasteiger partial charge < -0.3 is 9.84 Å². The Labute approximate surface area is 119 Å². The lowest BCUT2D eigenvalue weighted by atomic mass is 9.80. The van der Waals surface area contributed by atoms with Gasteiger partial charge >= 0.3 is 5.97 Å². The molecule has 1 aliphatic carbocycles. The van der Waals surface area contributed by atoms with Gasteiger partial charge in [-0.3, -0.25) is 4.79 Å². The first-order valence-electron chi connectivity index (χ1n) is 7.33. The number of hydrogen-bond acceptors (Lipinski definition) is 2. The summed E-state index contributed by atoms with van der Waals surface area (Å²) in [5, 5.41) is 9.29. The number of fused-ring (bicyclic) bond motifs is 2. The lowest BCUT2D eigenvalue weighted by Gasteiger charge is -2.38. The van der Waals surface area contributed by atoms with Crippen LogP contribution in [0.3, 0.4) is 0 Å². The first kappa shape index (κ1) is 13.4. The molecule has 1 aromatic rings. The summed E-state index contributed by atoms with van der Waals surface area (Å²) in [6.07, 6.45) is 3.54. The number of benzene rings is 1. The van der Waals surface area contributed by atoms with Crippen LogP contribution in [0.4, 0.5) is 0 Å². The van der Waals surface area contributed by atoms with Crippen molar-refractivity contribution in [3.8, 4) is 0 Å². The van der Waals surface area contributed by atoms with Crippen molar-refractivity contribution in [3.05, 3.63) is 41.0 Å². The zero-order chi connectivity index (χ0) is 14.2. The van der Waals surface area contributed by atoms with E-state index in [4.69, 9.17) is 4.74 Å². The predicted molar refractivity (Wildman–Crippen MR) is 77.5 cm³/mol. The minimum absolute atomic E-state index is 0.0770. The van der Waals surface area contributed by atoms with Crippen LogP contribution in [0.15, 0.2) is 29.8 Å².